The standard InChI is InChI=1S/C9H16N2O/c1-7(2)8(3)6-11-9(12)4-5-10/h7-8H,4,6H2,1-3H3,(H,11,12). The van der Waals surface area contributed by atoms with Crippen molar-refractivity contribution in [3.8, 4) is 6.07 Å². The smallest absolute Gasteiger partial charge is 0.234 e. The van der Waals surface area contributed by atoms with Crippen molar-refractivity contribution in [3.63, 3.8) is 0 Å². The van der Waals surface area contributed by atoms with E-state index in [1.807, 2.05) is 6.07 Å². The van der Waals surface area contributed by atoms with Crippen LogP contribution in [0.15, 0.2) is 0 Å². The van der Waals surface area contributed by atoms with Crippen LogP contribution in [-0.2, 0) is 4.79 Å². The van der Waals surface area contributed by atoms with Crippen LogP contribution in [0.25, 0.3) is 0 Å². The molecule has 0 aromatic rings. The average Bonchev–Trinajstić information content (AvgIpc) is 2.00. The summed E-state index contributed by atoms with van der Waals surface area (Å²) in [5, 5.41) is 10.9. The van der Waals surface area contributed by atoms with E-state index in [2.05, 4.69) is 26.1 Å². The lowest BCUT2D eigenvalue weighted by atomic mass is 9.98. The molecule has 3 nitrogen and oxygen atoms in total. The van der Waals surface area contributed by atoms with E-state index in [1.54, 1.807) is 0 Å². The van der Waals surface area contributed by atoms with E-state index in [-0.39, 0.29) is 12.3 Å². The predicted molar refractivity (Wildman–Crippen MR) is 47.2 cm³/mol. The van der Waals surface area contributed by atoms with Gasteiger partial charge in [-0.3, -0.25) is 4.79 Å². The topological polar surface area (TPSA) is 52.9 Å². The molecule has 1 N–H and O–H groups in total. The Balaban J connectivity index is 3.55. The number of hydrogen-bond acceptors (Lipinski definition) is 2. The fourth-order valence-corrected chi connectivity index (χ4v) is 0.645. The Bertz CT molecular complexity index is 181. The number of hydrogen-bond donors (Lipinski definition) is 1. The van der Waals surface area contributed by atoms with E-state index in [1.165, 1.54) is 0 Å². The minimum absolute atomic E-state index is 0.0369. The predicted octanol–water partition coefficient (Wildman–Crippen LogP) is 1.31. The van der Waals surface area contributed by atoms with Crippen LogP contribution in [0.3, 0.4) is 0 Å². The van der Waals surface area contributed by atoms with Gasteiger partial charge >= 0.3 is 0 Å². The Morgan fingerprint density at radius 1 is 1.50 bits per heavy atom. The van der Waals surface area contributed by atoms with Gasteiger partial charge in [0, 0.05) is 6.54 Å². The van der Waals surface area contributed by atoms with E-state index in [0.29, 0.717) is 18.4 Å². The quantitative estimate of drug-likeness (QED) is 0.688. The van der Waals surface area contributed by atoms with Crippen molar-refractivity contribution in [2.24, 2.45) is 11.8 Å². The lowest BCUT2D eigenvalue weighted by Gasteiger charge is -2.15. The van der Waals surface area contributed by atoms with Gasteiger partial charge in [-0.2, -0.15) is 5.26 Å². The Kier molecular flexibility index (Phi) is 5.11. The first kappa shape index (κ1) is 11.0. The molecule has 1 unspecified atom stereocenters. The average molecular weight is 168 g/mol. The first-order valence-electron chi connectivity index (χ1n) is 4.21. The SMILES string of the molecule is CC(C)C(C)CNC(=O)CC#N. The molecular weight excluding hydrogens is 152 g/mol. The molecule has 0 bridgehead atoms. The number of carbonyl (C=O) groups excluding carboxylic acids is 1. The second-order valence-electron chi connectivity index (χ2n) is 3.36. The summed E-state index contributed by atoms with van der Waals surface area (Å²) in [4.78, 5) is 10.8. The minimum atomic E-state index is -0.176. The maximum Gasteiger partial charge on any atom is 0.234 e. The number of nitrogens with one attached hydrogen (secondary N) is 1. The summed E-state index contributed by atoms with van der Waals surface area (Å²) >= 11 is 0. The fraction of sp³-hybridized carbons (Fsp3) is 0.778. The van der Waals surface area contributed by atoms with Crippen LogP contribution in [0.1, 0.15) is 27.2 Å². The van der Waals surface area contributed by atoms with E-state index in [9.17, 15) is 4.79 Å². The lowest BCUT2D eigenvalue weighted by molar-refractivity contribution is -0.120. The zero-order chi connectivity index (χ0) is 9.56. The minimum Gasteiger partial charge on any atom is -0.355 e. The Labute approximate surface area is 73.8 Å². The highest BCUT2D eigenvalue weighted by Crippen LogP contribution is 2.07. The Morgan fingerprint density at radius 3 is 2.50 bits per heavy atom. The van der Waals surface area contributed by atoms with Crippen LogP contribution in [0.4, 0.5) is 0 Å². The molecule has 1 atom stereocenters. The molecule has 0 aliphatic heterocycles. The third-order valence-corrected chi connectivity index (χ3v) is 2.00. The summed E-state index contributed by atoms with van der Waals surface area (Å²) in [5.74, 6) is 0.852. The van der Waals surface area contributed by atoms with Gasteiger partial charge in [0.2, 0.25) is 5.91 Å². The number of carbonyl (C=O) groups is 1. The van der Waals surface area contributed by atoms with Crippen molar-refractivity contribution >= 4 is 5.91 Å². The summed E-state index contributed by atoms with van der Waals surface area (Å²) < 4.78 is 0. The van der Waals surface area contributed by atoms with Crippen molar-refractivity contribution in [1.82, 2.24) is 5.32 Å². The molecule has 3 heteroatoms. The maximum atomic E-state index is 10.8. The van der Waals surface area contributed by atoms with Crippen LogP contribution >= 0.6 is 0 Å². The van der Waals surface area contributed by atoms with Crippen molar-refractivity contribution in [2.75, 3.05) is 6.54 Å². The fourth-order valence-electron chi connectivity index (χ4n) is 0.645. The largest absolute Gasteiger partial charge is 0.355 e. The molecule has 0 aliphatic carbocycles. The molecule has 0 radical (unpaired) electrons. The number of amides is 1. The molecular formula is C9H16N2O. The number of rotatable bonds is 4. The summed E-state index contributed by atoms with van der Waals surface area (Å²) in [6.07, 6.45) is -0.0369. The highest BCUT2D eigenvalue weighted by atomic mass is 16.1. The molecule has 0 aromatic heterocycles. The monoisotopic (exact) mass is 168 g/mol. The third kappa shape index (κ3) is 4.73. The van der Waals surface area contributed by atoms with Crippen LogP contribution in [0.5, 0.6) is 0 Å². The Hall–Kier alpha value is -1.04. The first-order chi connectivity index (χ1) is 5.57. The molecule has 1 amide bonds. The zero-order valence-corrected chi connectivity index (χ0v) is 7.92. The van der Waals surface area contributed by atoms with Gasteiger partial charge < -0.3 is 5.32 Å². The van der Waals surface area contributed by atoms with Gasteiger partial charge in [-0.25, -0.2) is 0 Å². The van der Waals surface area contributed by atoms with Gasteiger partial charge in [-0.05, 0) is 11.8 Å². The van der Waals surface area contributed by atoms with E-state index in [0.717, 1.165) is 0 Å². The van der Waals surface area contributed by atoms with Crippen LogP contribution in [0.2, 0.25) is 0 Å². The summed E-state index contributed by atoms with van der Waals surface area (Å²) in [5.41, 5.74) is 0. The van der Waals surface area contributed by atoms with E-state index < -0.39 is 0 Å². The van der Waals surface area contributed by atoms with Gasteiger partial charge in [-0.15, -0.1) is 0 Å². The second kappa shape index (κ2) is 5.59. The molecule has 68 valence electrons. The summed E-state index contributed by atoms with van der Waals surface area (Å²) in [6, 6.07) is 1.81. The molecule has 0 saturated carbocycles. The van der Waals surface area contributed by atoms with E-state index in [4.69, 9.17) is 5.26 Å². The van der Waals surface area contributed by atoms with Gasteiger partial charge in [0.25, 0.3) is 0 Å². The van der Waals surface area contributed by atoms with Crippen LogP contribution in [-0.4, -0.2) is 12.5 Å². The van der Waals surface area contributed by atoms with Gasteiger partial charge in [0.05, 0.1) is 6.07 Å². The molecule has 0 fully saturated rings. The molecule has 0 aromatic carbocycles. The Morgan fingerprint density at radius 2 is 2.08 bits per heavy atom. The third-order valence-electron chi connectivity index (χ3n) is 2.00. The van der Waals surface area contributed by atoms with Gasteiger partial charge in [0.15, 0.2) is 0 Å². The van der Waals surface area contributed by atoms with Crippen LogP contribution < -0.4 is 5.32 Å². The van der Waals surface area contributed by atoms with Crippen molar-refractivity contribution in [1.29, 1.82) is 5.26 Å². The molecule has 12 heavy (non-hydrogen) atoms. The van der Waals surface area contributed by atoms with E-state index >= 15 is 0 Å². The van der Waals surface area contributed by atoms with Crippen LogP contribution in [0, 0.1) is 23.2 Å². The van der Waals surface area contributed by atoms with Crippen molar-refractivity contribution in [3.05, 3.63) is 0 Å². The number of nitriles is 1. The van der Waals surface area contributed by atoms with Gasteiger partial charge in [0.1, 0.15) is 6.42 Å². The maximum absolute atomic E-state index is 10.8. The summed E-state index contributed by atoms with van der Waals surface area (Å²) in [7, 11) is 0. The highest BCUT2D eigenvalue weighted by molar-refractivity contribution is 5.77. The molecule has 0 aliphatic rings. The molecule has 0 rings (SSSR count). The van der Waals surface area contributed by atoms with Gasteiger partial charge in [-0.1, -0.05) is 20.8 Å². The molecule has 0 saturated heterocycles. The van der Waals surface area contributed by atoms with Crippen molar-refractivity contribution in [2.45, 2.75) is 27.2 Å². The normalized spacial score (nSPS) is 12.2. The molecule has 0 heterocycles. The zero-order valence-electron chi connectivity index (χ0n) is 7.92. The highest BCUT2D eigenvalue weighted by Gasteiger charge is 2.08. The number of nitrogens with zero attached hydrogens (tertiary/aromatic N) is 1. The second-order valence-corrected chi connectivity index (χ2v) is 3.36. The van der Waals surface area contributed by atoms with Crippen molar-refractivity contribution < 1.29 is 4.79 Å². The lowest BCUT2D eigenvalue weighted by Crippen LogP contribution is -2.29. The molecule has 0 spiro atoms. The summed E-state index contributed by atoms with van der Waals surface area (Å²) in [6.45, 7) is 6.97. The first-order valence-corrected chi connectivity index (χ1v) is 4.21.